The average Bonchev–Trinajstić information content (AvgIpc) is 2.61. The van der Waals surface area contributed by atoms with Gasteiger partial charge in [-0.25, -0.2) is 8.42 Å². The topological polar surface area (TPSA) is 99.3 Å². The van der Waals surface area contributed by atoms with Gasteiger partial charge in [0.15, 0.2) is 5.11 Å². The quantitative estimate of drug-likeness (QED) is 0.463. The highest BCUT2D eigenvalue weighted by Crippen LogP contribution is 2.19. The van der Waals surface area contributed by atoms with Crippen LogP contribution in [0.1, 0.15) is 10.4 Å². The van der Waals surface area contributed by atoms with Gasteiger partial charge in [0.05, 0.1) is 4.90 Å². The summed E-state index contributed by atoms with van der Waals surface area (Å²) in [5, 5.41) is 3.35. The SMILES string of the molecule is CNC(=S)NNC(=O)c1cccc(S(=O)(=O)Nc2ccc(Cl)cc2)c1. The number of hydrazine groups is 1. The number of benzene rings is 2. The van der Waals surface area contributed by atoms with E-state index in [2.05, 4.69) is 20.9 Å². The maximum Gasteiger partial charge on any atom is 0.269 e. The van der Waals surface area contributed by atoms with Crippen LogP contribution in [0.2, 0.25) is 5.02 Å². The number of halogens is 1. The molecule has 0 saturated carbocycles. The van der Waals surface area contributed by atoms with Crippen LogP contribution in [0.4, 0.5) is 5.69 Å². The summed E-state index contributed by atoms with van der Waals surface area (Å²) in [6.07, 6.45) is 0. The van der Waals surface area contributed by atoms with E-state index < -0.39 is 15.9 Å². The molecule has 0 fully saturated rings. The number of carbonyl (C=O) groups is 1. The van der Waals surface area contributed by atoms with E-state index in [1.165, 1.54) is 24.3 Å². The van der Waals surface area contributed by atoms with Crippen LogP contribution in [-0.2, 0) is 10.0 Å². The van der Waals surface area contributed by atoms with E-state index >= 15 is 0 Å². The largest absolute Gasteiger partial charge is 0.364 e. The van der Waals surface area contributed by atoms with Gasteiger partial charge in [0.1, 0.15) is 0 Å². The van der Waals surface area contributed by atoms with E-state index in [1.54, 1.807) is 31.3 Å². The Morgan fingerprint density at radius 2 is 1.76 bits per heavy atom. The van der Waals surface area contributed by atoms with Gasteiger partial charge < -0.3 is 5.32 Å². The molecule has 0 aromatic heterocycles. The van der Waals surface area contributed by atoms with E-state index in [4.69, 9.17) is 23.8 Å². The van der Waals surface area contributed by atoms with Gasteiger partial charge in [-0.1, -0.05) is 17.7 Å². The van der Waals surface area contributed by atoms with Gasteiger partial charge in [0.2, 0.25) is 0 Å². The van der Waals surface area contributed by atoms with Gasteiger partial charge in [-0.2, -0.15) is 0 Å². The molecule has 0 spiro atoms. The van der Waals surface area contributed by atoms with Crippen molar-refractivity contribution in [1.82, 2.24) is 16.2 Å². The number of sulfonamides is 1. The van der Waals surface area contributed by atoms with Crippen molar-refractivity contribution in [2.45, 2.75) is 4.90 Å². The maximum atomic E-state index is 12.5. The van der Waals surface area contributed by atoms with E-state index in [-0.39, 0.29) is 15.6 Å². The molecule has 2 aromatic carbocycles. The van der Waals surface area contributed by atoms with Gasteiger partial charge in [-0.05, 0) is 54.7 Å². The van der Waals surface area contributed by atoms with Crippen molar-refractivity contribution in [3.63, 3.8) is 0 Å². The molecular formula is C15H15ClN4O3S2. The van der Waals surface area contributed by atoms with Crippen LogP contribution in [0, 0.1) is 0 Å². The first-order valence-corrected chi connectivity index (χ1v) is 9.25. The summed E-state index contributed by atoms with van der Waals surface area (Å²) in [6.45, 7) is 0. The van der Waals surface area contributed by atoms with Crippen LogP contribution in [0.15, 0.2) is 53.4 Å². The van der Waals surface area contributed by atoms with Crippen LogP contribution in [0.25, 0.3) is 0 Å². The fraction of sp³-hybridized carbons (Fsp3) is 0.0667. The fourth-order valence-electron chi connectivity index (χ4n) is 1.78. The first-order chi connectivity index (χ1) is 11.8. The van der Waals surface area contributed by atoms with E-state index in [1.807, 2.05) is 0 Å². The average molecular weight is 399 g/mol. The minimum absolute atomic E-state index is 0.0497. The number of hydrogen-bond acceptors (Lipinski definition) is 4. The number of hydrogen-bond donors (Lipinski definition) is 4. The Hall–Kier alpha value is -2.36. The zero-order chi connectivity index (χ0) is 18.4. The zero-order valence-electron chi connectivity index (χ0n) is 13.0. The number of nitrogens with one attached hydrogen (secondary N) is 4. The molecule has 0 aliphatic rings. The maximum absolute atomic E-state index is 12.5. The lowest BCUT2D eigenvalue weighted by molar-refractivity contribution is 0.0943. The monoisotopic (exact) mass is 398 g/mol. The van der Waals surface area contributed by atoms with Crippen molar-refractivity contribution in [3.05, 3.63) is 59.1 Å². The number of thiocarbonyl (C=S) groups is 1. The van der Waals surface area contributed by atoms with Crippen molar-refractivity contribution >= 4 is 50.5 Å². The van der Waals surface area contributed by atoms with Gasteiger partial charge in [0.25, 0.3) is 15.9 Å². The van der Waals surface area contributed by atoms with E-state index in [0.717, 1.165) is 0 Å². The predicted octanol–water partition coefficient (Wildman–Crippen LogP) is 1.88. The van der Waals surface area contributed by atoms with Gasteiger partial charge in [-0.15, -0.1) is 0 Å². The smallest absolute Gasteiger partial charge is 0.269 e. The molecule has 2 aromatic rings. The highest BCUT2D eigenvalue weighted by molar-refractivity contribution is 7.92. The number of anilines is 1. The third kappa shape index (κ3) is 5.31. The molecule has 1 amide bonds. The second kappa shape index (κ2) is 8.15. The van der Waals surface area contributed by atoms with Crippen molar-refractivity contribution in [1.29, 1.82) is 0 Å². The van der Waals surface area contributed by atoms with E-state index in [0.29, 0.717) is 10.7 Å². The molecular weight excluding hydrogens is 384 g/mol. The molecule has 0 aliphatic heterocycles. The van der Waals surface area contributed by atoms with Gasteiger partial charge >= 0.3 is 0 Å². The van der Waals surface area contributed by atoms with Crippen molar-refractivity contribution in [2.75, 3.05) is 11.8 Å². The van der Waals surface area contributed by atoms with Gasteiger partial charge in [-0.3, -0.25) is 20.4 Å². The van der Waals surface area contributed by atoms with Crippen LogP contribution in [0.3, 0.4) is 0 Å². The molecule has 10 heteroatoms. The Labute approximate surface area is 155 Å². The van der Waals surface area contributed by atoms with E-state index in [9.17, 15) is 13.2 Å². The summed E-state index contributed by atoms with van der Waals surface area (Å²) < 4.78 is 27.3. The molecule has 0 unspecified atom stereocenters. The molecule has 25 heavy (non-hydrogen) atoms. The lowest BCUT2D eigenvalue weighted by Crippen LogP contribution is -2.45. The number of carbonyl (C=O) groups excluding carboxylic acids is 1. The van der Waals surface area contributed by atoms with Crippen LogP contribution < -0.4 is 20.9 Å². The lowest BCUT2D eigenvalue weighted by atomic mass is 10.2. The lowest BCUT2D eigenvalue weighted by Gasteiger charge is -2.11. The summed E-state index contributed by atoms with van der Waals surface area (Å²) in [5.74, 6) is -0.527. The molecule has 132 valence electrons. The predicted molar refractivity (Wildman–Crippen MR) is 101 cm³/mol. The van der Waals surface area contributed by atoms with Crippen LogP contribution >= 0.6 is 23.8 Å². The molecule has 0 aliphatic carbocycles. The summed E-state index contributed by atoms with van der Waals surface area (Å²) in [6, 6.07) is 11.8. The summed E-state index contributed by atoms with van der Waals surface area (Å²) in [7, 11) is -2.26. The molecule has 0 heterocycles. The van der Waals surface area contributed by atoms with Crippen molar-refractivity contribution in [2.24, 2.45) is 0 Å². The van der Waals surface area contributed by atoms with Gasteiger partial charge in [0, 0.05) is 23.3 Å². The Morgan fingerprint density at radius 1 is 1.08 bits per heavy atom. The third-order valence-electron chi connectivity index (χ3n) is 3.02. The molecule has 0 radical (unpaired) electrons. The molecule has 0 atom stereocenters. The summed E-state index contributed by atoms with van der Waals surface area (Å²) >= 11 is 10.6. The van der Waals surface area contributed by atoms with Crippen molar-refractivity contribution < 1.29 is 13.2 Å². The minimum Gasteiger partial charge on any atom is -0.364 e. The molecule has 7 nitrogen and oxygen atoms in total. The molecule has 2 rings (SSSR count). The highest BCUT2D eigenvalue weighted by atomic mass is 35.5. The first-order valence-electron chi connectivity index (χ1n) is 6.98. The normalized spacial score (nSPS) is 10.6. The number of amides is 1. The Bertz CT molecular complexity index is 886. The Balaban J connectivity index is 2.17. The Morgan fingerprint density at radius 3 is 2.40 bits per heavy atom. The number of rotatable bonds is 4. The summed E-state index contributed by atoms with van der Waals surface area (Å²) in [4.78, 5) is 12.0. The zero-order valence-corrected chi connectivity index (χ0v) is 15.4. The third-order valence-corrected chi connectivity index (χ3v) is 4.96. The molecule has 4 N–H and O–H groups in total. The second-order valence-electron chi connectivity index (χ2n) is 4.80. The fourth-order valence-corrected chi connectivity index (χ4v) is 3.07. The van der Waals surface area contributed by atoms with Crippen LogP contribution in [0.5, 0.6) is 0 Å². The second-order valence-corrected chi connectivity index (χ2v) is 7.33. The van der Waals surface area contributed by atoms with Crippen molar-refractivity contribution in [3.8, 4) is 0 Å². The Kier molecular flexibility index (Phi) is 6.18. The van der Waals surface area contributed by atoms with Crippen LogP contribution in [-0.4, -0.2) is 26.5 Å². The highest BCUT2D eigenvalue weighted by Gasteiger charge is 2.16. The minimum atomic E-state index is -3.85. The molecule has 0 saturated heterocycles. The first kappa shape index (κ1) is 19.0. The summed E-state index contributed by atoms with van der Waals surface area (Å²) in [5.41, 5.74) is 5.36. The molecule has 0 bridgehead atoms. The standard InChI is InChI=1S/C15H15ClN4O3S2/c1-17-15(24)19-18-14(21)10-3-2-4-13(9-10)25(22,23)20-12-7-5-11(16)6-8-12/h2-9,20H,1H3,(H,18,21)(H2,17,19,24).